The standard InChI is InChI=1S/C10H19N3O2/c1-7(10(15)13(2)3)12-9(14)8-4-5-11-6-8/h7-8,11H,4-6H2,1-3H3,(H,12,14). The lowest BCUT2D eigenvalue weighted by Crippen LogP contribution is -2.46. The third-order valence-electron chi connectivity index (χ3n) is 2.60. The van der Waals surface area contributed by atoms with Gasteiger partial charge in [-0.2, -0.15) is 0 Å². The normalized spacial score (nSPS) is 22.2. The van der Waals surface area contributed by atoms with Gasteiger partial charge in [-0.15, -0.1) is 0 Å². The highest BCUT2D eigenvalue weighted by Crippen LogP contribution is 2.07. The zero-order chi connectivity index (χ0) is 11.4. The van der Waals surface area contributed by atoms with Crippen LogP contribution in [0.15, 0.2) is 0 Å². The van der Waals surface area contributed by atoms with Crippen LogP contribution in [0.1, 0.15) is 13.3 Å². The molecule has 0 radical (unpaired) electrons. The van der Waals surface area contributed by atoms with Crippen LogP contribution in [-0.2, 0) is 9.59 Å². The number of hydrogen-bond acceptors (Lipinski definition) is 3. The molecule has 2 atom stereocenters. The van der Waals surface area contributed by atoms with Crippen molar-refractivity contribution in [2.24, 2.45) is 5.92 Å². The summed E-state index contributed by atoms with van der Waals surface area (Å²) < 4.78 is 0. The van der Waals surface area contributed by atoms with E-state index in [2.05, 4.69) is 10.6 Å². The molecule has 1 saturated heterocycles. The molecule has 5 nitrogen and oxygen atoms in total. The lowest BCUT2D eigenvalue weighted by molar-refractivity contribution is -0.134. The highest BCUT2D eigenvalue weighted by atomic mass is 16.2. The van der Waals surface area contributed by atoms with E-state index in [4.69, 9.17) is 0 Å². The van der Waals surface area contributed by atoms with Gasteiger partial charge in [0.2, 0.25) is 11.8 Å². The van der Waals surface area contributed by atoms with E-state index in [1.165, 1.54) is 4.90 Å². The van der Waals surface area contributed by atoms with Gasteiger partial charge in [0, 0.05) is 20.6 Å². The second kappa shape index (κ2) is 5.11. The van der Waals surface area contributed by atoms with Crippen molar-refractivity contribution in [3.63, 3.8) is 0 Å². The predicted octanol–water partition coefficient (Wildman–Crippen LogP) is -0.811. The van der Waals surface area contributed by atoms with E-state index < -0.39 is 6.04 Å². The predicted molar refractivity (Wildman–Crippen MR) is 57.3 cm³/mol. The summed E-state index contributed by atoms with van der Waals surface area (Å²) in [6.07, 6.45) is 0.856. The highest BCUT2D eigenvalue weighted by Gasteiger charge is 2.25. The number of carbonyl (C=O) groups excluding carboxylic acids is 2. The summed E-state index contributed by atoms with van der Waals surface area (Å²) in [6.45, 7) is 3.31. The van der Waals surface area contributed by atoms with Crippen molar-refractivity contribution in [2.75, 3.05) is 27.2 Å². The Hall–Kier alpha value is -1.10. The number of hydrogen-bond donors (Lipinski definition) is 2. The zero-order valence-corrected chi connectivity index (χ0v) is 9.54. The van der Waals surface area contributed by atoms with Gasteiger partial charge >= 0.3 is 0 Å². The molecule has 0 bridgehead atoms. The van der Waals surface area contributed by atoms with Crippen LogP contribution in [0.5, 0.6) is 0 Å². The minimum atomic E-state index is -0.437. The van der Waals surface area contributed by atoms with E-state index in [1.807, 2.05) is 0 Å². The fourth-order valence-corrected chi connectivity index (χ4v) is 1.66. The Bertz CT molecular complexity index is 247. The third-order valence-corrected chi connectivity index (χ3v) is 2.60. The summed E-state index contributed by atoms with van der Waals surface area (Å²) in [5.41, 5.74) is 0. The van der Waals surface area contributed by atoms with Gasteiger partial charge in [0.25, 0.3) is 0 Å². The molecular weight excluding hydrogens is 194 g/mol. The first kappa shape index (κ1) is 12.0. The Morgan fingerprint density at radius 2 is 2.13 bits per heavy atom. The van der Waals surface area contributed by atoms with Crippen LogP contribution in [0.25, 0.3) is 0 Å². The fourth-order valence-electron chi connectivity index (χ4n) is 1.66. The molecule has 2 amide bonds. The highest BCUT2D eigenvalue weighted by molar-refractivity contribution is 5.88. The molecule has 15 heavy (non-hydrogen) atoms. The van der Waals surface area contributed by atoms with Gasteiger partial charge in [-0.1, -0.05) is 0 Å². The summed E-state index contributed by atoms with van der Waals surface area (Å²) in [7, 11) is 3.37. The van der Waals surface area contributed by atoms with Crippen molar-refractivity contribution in [3.05, 3.63) is 0 Å². The van der Waals surface area contributed by atoms with Crippen molar-refractivity contribution in [1.82, 2.24) is 15.5 Å². The quantitative estimate of drug-likeness (QED) is 0.644. The lowest BCUT2D eigenvalue weighted by Gasteiger charge is -2.19. The molecule has 1 rings (SSSR count). The van der Waals surface area contributed by atoms with Gasteiger partial charge in [0.05, 0.1) is 5.92 Å². The number of nitrogens with one attached hydrogen (secondary N) is 2. The Kier molecular flexibility index (Phi) is 4.08. The van der Waals surface area contributed by atoms with Crippen LogP contribution in [-0.4, -0.2) is 49.9 Å². The molecule has 1 aliphatic rings. The van der Waals surface area contributed by atoms with E-state index in [-0.39, 0.29) is 17.7 Å². The van der Waals surface area contributed by atoms with E-state index in [0.29, 0.717) is 6.54 Å². The second-order valence-electron chi connectivity index (χ2n) is 4.15. The topological polar surface area (TPSA) is 61.4 Å². The van der Waals surface area contributed by atoms with Crippen molar-refractivity contribution < 1.29 is 9.59 Å². The van der Waals surface area contributed by atoms with Crippen LogP contribution in [0, 0.1) is 5.92 Å². The molecule has 0 spiro atoms. The Balaban J connectivity index is 2.40. The summed E-state index contributed by atoms with van der Waals surface area (Å²) in [6, 6.07) is -0.437. The third kappa shape index (κ3) is 3.20. The summed E-state index contributed by atoms with van der Waals surface area (Å²) in [4.78, 5) is 24.6. The molecule has 1 fully saturated rings. The Morgan fingerprint density at radius 1 is 1.47 bits per heavy atom. The molecular formula is C10H19N3O2. The second-order valence-corrected chi connectivity index (χ2v) is 4.15. The van der Waals surface area contributed by atoms with Gasteiger partial charge < -0.3 is 15.5 Å². The van der Waals surface area contributed by atoms with Crippen LogP contribution < -0.4 is 10.6 Å². The minimum Gasteiger partial charge on any atom is -0.347 e. The molecule has 0 aromatic heterocycles. The molecule has 1 heterocycles. The molecule has 5 heteroatoms. The van der Waals surface area contributed by atoms with Gasteiger partial charge in [-0.3, -0.25) is 9.59 Å². The maximum absolute atomic E-state index is 11.7. The molecule has 0 aromatic rings. The largest absolute Gasteiger partial charge is 0.347 e. The number of amides is 2. The molecule has 2 unspecified atom stereocenters. The van der Waals surface area contributed by atoms with Crippen LogP contribution in [0.2, 0.25) is 0 Å². The lowest BCUT2D eigenvalue weighted by atomic mass is 10.1. The molecule has 86 valence electrons. The molecule has 0 saturated carbocycles. The zero-order valence-electron chi connectivity index (χ0n) is 9.54. The first-order valence-corrected chi connectivity index (χ1v) is 5.24. The summed E-state index contributed by atoms with van der Waals surface area (Å²) in [5, 5.41) is 5.86. The number of nitrogens with zero attached hydrogens (tertiary/aromatic N) is 1. The SMILES string of the molecule is CC(NC(=O)C1CCNC1)C(=O)N(C)C. The fraction of sp³-hybridized carbons (Fsp3) is 0.800. The van der Waals surface area contributed by atoms with Crippen molar-refractivity contribution in [2.45, 2.75) is 19.4 Å². The number of rotatable bonds is 3. The molecule has 2 N–H and O–H groups in total. The molecule has 1 aliphatic heterocycles. The van der Waals surface area contributed by atoms with Gasteiger partial charge in [-0.25, -0.2) is 0 Å². The first-order chi connectivity index (χ1) is 7.02. The van der Waals surface area contributed by atoms with Gasteiger partial charge in [0.1, 0.15) is 6.04 Å². The molecule has 0 aliphatic carbocycles. The van der Waals surface area contributed by atoms with Crippen LogP contribution in [0.4, 0.5) is 0 Å². The van der Waals surface area contributed by atoms with Crippen molar-refractivity contribution in [1.29, 1.82) is 0 Å². The van der Waals surface area contributed by atoms with Crippen LogP contribution >= 0.6 is 0 Å². The van der Waals surface area contributed by atoms with E-state index in [1.54, 1.807) is 21.0 Å². The Labute approximate surface area is 90.2 Å². The molecule has 0 aromatic carbocycles. The maximum atomic E-state index is 11.7. The van der Waals surface area contributed by atoms with Gasteiger partial charge in [-0.05, 0) is 19.9 Å². The van der Waals surface area contributed by atoms with Gasteiger partial charge in [0.15, 0.2) is 0 Å². The van der Waals surface area contributed by atoms with E-state index in [9.17, 15) is 9.59 Å². The first-order valence-electron chi connectivity index (χ1n) is 5.24. The summed E-state index contributed by atoms with van der Waals surface area (Å²) in [5.74, 6) is -0.0839. The Morgan fingerprint density at radius 3 is 2.60 bits per heavy atom. The smallest absolute Gasteiger partial charge is 0.244 e. The monoisotopic (exact) mass is 213 g/mol. The van der Waals surface area contributed by atoms with E-state index >= 15 is 0 Å². The maximum Gasteiger partial charge on any atom is 0.244 e. The number of likely N-dealkylation sites (N-methyl/N-ethyl adjacent to an activating group) is 1. The minimum absolute atomic E-state index is 0.0161. The van der Waals surface area contributed by atoms with Crippen molar-refractivity contribution in [3.8, 4) is 0 Å². The number of carbonyl (C=O) groups is 2. The average Bonchev–Trinajstić information content (AvgIpc) is 2.68. The van der Waals surface area contributed by atoms with Crippen molar-refractivity contribution >= 4 is 11.8 Å². The summed E-state index contributed by atoms with van der Waals surface area (Å²) >= 11 is 0. The average molecular weight is 213 g/mol. The van der Waals surface area contributed by atoms with Crippen LogP contribution in [0.3, 0.4) is 0 Å². The van der Waals surface area contributed by atoms with E-state index in [0.717, 1.165) is 13.0 Å².